The first-order valence-electron chi connectivity index (χ1n) is 2.50. The van der Waals surface area contributed by atoms with Crippen molar-refractivity contribution >= 4 is 0 Å². The second kappa shape index (κ2) is 2.20. The topological polar surface area (TPSA) is 90.2 Å². The van der Waals surface area contributed by atoms with Gasteiger partial charge in [-0.2, -0.15) is 0 Å². The lowest BCUT2D eigenvalue weighted by Crippen LogP contribution is -2.32. The lowest BCUT2D eigenvalue weighted by Gasteiger charge is -2.06. The molecule has 5 nitrogen and oxygen atoms in total. The summed E-state index contributed by atoms with van der Waals surface area (Å²) in [6.07, 6.45) is -5.76. The van der Waals surface area contributed by atoms with Gasteiger partial charge in [0.2, 0.25) is 0 Å². The Labute approximate surface area is 51.1 Å². The molecule has 1 rings (SSSR count). The Kier molecular flexibility index (Phi) is 1.69. The van der Waals surface area contributed by atoms with Crippen molar-refractivity contribution in [3.05, 3.63) is 0 Å². The molecule has 5 heteroatoms. The van der Waals surface area contributed by atoms with Gasteiger partial charge in [0.25, 0.3) is 0 Å². The van der Waals surface area contributed by atoms with Crippen LogP contribution in [0.15, 0.2) is 0 Å². The molecule has 4 N–H and O–H groups in total. The minimum atomic E-state index is -1.48. The fourth-order valence-electron chi connectivity index (χ4n) is 0.641. The van der Waals surface area contributed by atoms with E-state index in [1.54, 1.807) is 0 Å². The number of hydrogen-bond acceptors (Lipinski definition) is 5. The second-order valence-corrected chi connectivity index (χ2v) is 1.90. The molecule has 0 aromatic heterocycles. The third-order valence-electron chi connectivity index (χ3n) is 1.21. The molecular formula is C4H8O5. The number of aliphatic hydroxyl groups excluding tert-OH is 4. The molecule has 1 aliphatic rings. The third-order valence-corrected chi connectivity index (χ3v) is 1.21. The van der Waals surface area contributed by atoms with Gasteiger partial charge in [0.05, 0.1) is 0 Å². The van der Waals surface area contributed by atoms with Crippen molar-refractivity contribution in [3.63, 3.8) is 0 Å². The molecule has 0 bridgehead atoms. The van der Waals surface area contributed by atoms with Gasteiger partial charge in [0, 0.05) is 0 Å². The maximum Gasteiger partial charge on any atom is 0.186 e. The molecule has 0 aromatic rings. The molecule has 54 valence electrons. The van der Waals surface area contributed by atoms with Crippen LogP contribution in [0.3, 0.4) is 0 Å². The van der Waals surface area contributed by atoms with E-state index in [4.69, 9.17) is 20.4 Å². The van der Waals surface area contributed by atoms with Crippen LogP contribution in [-0.4, -0.2) is 45.2 Å². The summed E-state index contributed by atoms with van der Waals surface area (Å²) in [4.78, 5) is 0. The van der Waals surface area contributed by atoms with E-state index in [0.29, 0.717) is 0 Å². The number of aliphatic hydroxyl groups is 4. The molecule has 0 saturated carbocycles. The summed E-state index contributed by atoms with van der Waals surface area (Å²) >= 11 is 0. The van der Waals surface area contributed by atoms with E-state index in [1.165, 1.54) is 0 Å². The quantitative estimate of drug-likeness (QED) is 0.292. The fourth-order valence-corrected chi connectivity index (χ4v) is 0.641. The summed E-state index contributed by atoms with van der Waals surface area (Å²) in [7, 11) is 0. The Morgan fingerprint density at radius 1 is 0.778 bits per heavy atom. The van der Waals surface area contributed by atoms with E-state index in [0.717, 1.165) is 0 Å². The van der Waals surface area contributed by atoms with E-state index < -0.39 is 24.8 Å². The first-order valence-corrected chi connectivity index (χ1v) is 2.50. The zero-order valence-corrected chi connectivity index (χ0v) is 4.51. The predicted molar refractivity (Wildman–Crippen MR) is 25.1 cm³/mol. The summed E-state index contributed by atoms with van der Waals surface area (Å²) in [5, 5.41) is 34.4. The van der Waals surface area contributed by atoms with Crippen molar-refractivity contribution < 1.29 is 25.2 Å². The highest BCUT2D eigenvalue weighted by molar-refractivity contribution is 4.78. The summed E-state index contributed by atoms with van der Waals surface area (Å²) < 4.78 is 4.20. The largest absolute Gasteiger partial charge is 0.385 e. The van der Waals surface area contributed by atoms with Crippen molar-refractivity contribution in [2.24, 2.45) is 0 Å². The molecule has 0 aromatic carbocycles. The first-order chi connectivity index (χ1) is 4.13. The monoisotopic (exact) mass is 136 g/mol. The molecule has 1 fully saturated rings. The second-order valence-electron chi connectivity index (χ2n) is 1.90. The van der Waals surface area contributed by atoms with Crippen molar-refractivity contribution in [2.75, 3.05) is 0 Å². The predicted octanol–water partition coefficient (Wildman–Crippen LogP) is -2.62. The van der Waals surface area contributed by atoms with Crippen LogP contribution in [0.4, 0.5) is 0 Å². The molecule has 0 spiro atoms. The highest BCUT2D eigenvalue weighted by Crippen LogP contribution is 2.16. The average molecular weight is 136 g/mol. The van der Waals surface area contributed by atoms with Gasteiger partial charge in [-0.15, -0.1) is 0 Å². The SMILES string of the molecule is OC1OC(O)C(O)C1O. The van der Waals surface area contributed by atoms with Crippen LogP contribution in [0.5, 0.6) is 0 Å². The van der Waals surface area contributed by atoms with E-state index in [1.807, 2.05) is 0 Å². The molecule has 1 heterocycles. The van der Waals surface area contributed by atoms with Gasteiger partial charge in [-0.05, 0) is 0 Å². The number of hydrogen-bond donors (Lipinski definition) is 4. The highest BCUT2D eigenvalue weighted by Gasteiger charge is 2.40. The van der Waals surface area contributed by atoms with Crippen LogP contribution in [-0.2, 0) is 4.74 Å². The van der Waals surface area contributed by atoms with Crippen LogP contribution in [0.2, 0.25) is 0 Å². The van der Waals surface area contributed by atoms with Crippen LogP contribution < -0.4 is 0 Å². The Bertz CT molecular complexity index is 93.1. The summed E-state index contributed by atoms with van der Waals surface area (Å²) in [6.45, 7) is 0. The summed E-state index contributed by atoms with van der Waals surface area (Å²) in [6, 6.07) is 0. The van der Waals surface area contributed by atoms with Gasteiger partial charge in [0.15, 0.2) is 12.6 Å². The Morgan fingerprint density at radius 2 is 1.11 bits per heavy atom. The molecule has 4 atom stereocenters. The minimum Gasteiger partial charge on any atom is -0.385 e. The minimum absolute atomic E-state index is 1.40. The van der Waals surface area contributed by atoms with Gasteiger partial charge in [-0.25, -0.2) is 0 Å². The standard InChI is InChI=1S/C4H8O5/c5-1-2(6)4(8)9-3(1)7/h1-8H. The van der Waals surface area contributed by atoms with Crippen molar-refractivity contribution in [1.82, 2.24) is 0 Å². The fraction of sp³-hybridized carbons (Fsp3) is 1.00. The zero-order chi connectivity index (χ0) is 7.02. The maximum absolute atomic E-state index is 8.65. The smallest absolute Gasteiger partial charge is 0.186 e. The zero-order valence-electron chi connectivity index (χ0n) is 4.51. The molecule has 1 saturated heterocycles. The number of rotatable bonds is 0. The Hall–Kier alpha value is -0.200. The van der Waals surface area contributed by atoms with E-state index >= 15 is 0 Å². The average Bonchev–Trinajstić information content (AvgIpc) is 1.98. The van der Waals surface area contributed by atoms with Crippen molar-refractivity contribution in [2.45, 2.75) is 24.8 Å². The molecule has 0 aliphatic carbocycles. The molecule has 0 amide bonds. The molecular weight excluding hydrogens is 128 g/mol. The Balaban J connectivity index is 2.54. The molecule has 1 aliphatic heterocycles. The summed E-state index contributed by atoms with van der Waals surface area (Å²) in [5.74, 6) is 0. The lowest BCUT2D eigenvalue weighted by atomic mass is 10.2. The lowest BCUT2D eigenvalue weighted by molar-refractivity contribution is -0.182. The third kappa shape index (κ3) is 1.05. The maximum atomic E-state index is 8.65. The molecule has 4 unspecified atom stereocenters. The van der Waals surface area contributed by atoms with Crippen LogP contribution in [0.1, 0.15) is 0 Å². The van der Waals surface area contributed by atoms with Crippen LogP contribution in [0.25, 0.3) is 0 Å². The first kappa shape index (κ1) is 6.91. The number of ether oxygens (including phenoxy) is 1. The van der Waals surface area contributed by atoms with Gasteiger partial charge in [0.1, 0.15) is 12.2 Å². The van der Waals surface area contributed by atoms with Crippen molar-refractivity contribution in [1.29, 1.82) is 0 Å². The van der Waals surface area contributed by atoms with Gasteiger partial charge in [-0.3, -0.25) is 0 Å². The highest BCUT2D eigenvalue weighted by atomic mass is 16.7. The van der Waals surface area contributed by atoms with E-state index in [-0.39, 0.29) is 0 Å². The van der Waals surface area contributed by atoms with E-state index in [2.05, 4.69) is 4.74 Å². The van der Waals surface area contributed by atoms with Crippen LogP contribution >= 0.6 is 0 Å². The van der Waals surface area contributed by atoms with Crippen LogP contribution in [0, 0.1) is 0 Å². The van der Waals surface area contributed by atoms with Crippen molar-refractivity contribution in [3.8, 4) is 0 Å². The van der Waals surface area contributed by atoms with Gasteiger partial charge >= 0.3 is 0 Å². The molecule has 9 heavy (non-hydrogen) atoms. The normalized spacial score (nSPS) is 52.0. The summed E-state index contributed by atoms with van der Waals surface area (Å²) in [5.41, 5.74) is 0. The molecule has 0 radical (unpaired) electrons. The van der Waals surface area contributed by atoms with Gasteiger partial charge in [-0.1, -0.05) is 0 Å². The Morgan fingerprint density at radius 3 is 1.22 bits per heavy atom. The van der Waals surface area contributed by atoms with Gasteiger partial charge < -0.3 is 25.2 Å². The van der Waals surface area contributed by atoms with E-state index in [9.17, 15) is 0 Å².